The first-order chi connectivity index (χ1) is 13.5. The van der Waals surface area contributed by atoms with Crippen LogP contribution in [0, 0.1) is 6.92 Å². The van der Waals surface area contributed by atoms with Crippen molar-refractivity contribution in [3.05, 3.63) is 96.1 Å². The van der Waals surface area contributed by atoms with Gasteiger partial charge in [0.2, 0.25) is 5.78 Å². The number of rotatable bonds is 8. The average Bonchev–Trinajstić information content (AvgIpc) is 2.72. The summed E-state index contributed by atoms with van der Waals surface area (Å²) in [6.07, 6.45) is -0.817. The molecule has 5 heteroatoms. The van der Waals surface area contributed by atoms with Crippen LogP contribution >= 0.6 is 0 Å². The molecule has 0 N–H and O–H groups in total. The third-order valence-corrected chi connectivity index (χ3v) is 6.16. The smallest absolute Gasteiger partial charge is 0.203 e. The summed E-state index contributed by atoms with van der Waals surface area (Å²) in [5.41, 5.74) is 1.55. The molecule has 0 radical (unpaired) electrons. The van der Waals surface area contributed by atoms with Gasteiger partial charge in [-0.2, -0.15) is 0 Å². The van der Waals surface area contributed by atoms with E-state index in [2.05, 4.69) is 0 Å². The lowest BCUT2D eigenvalue weighted by Crippen LogP contribution is -2.30. The Kier molecular flexibility index (Phi) is 6.26. The standard InChI is InChI=1S/C23H22O4S/c1-18-12-14-19(15-13-18)23(24)22(27-20-8-4-2-5-9-20)16-17-28(25,26)21-10-6-3-7-11-21/h2-15,22H,16-17H2,1H3/t22-/m1/s1. The van der Waals surface area contributed by atoms with E-state index in [-0.39, 0.29) is 22.9 Å². The topological polar surface area (TPSA) is 60.4 Å². The zero-order valence-corrected chi connectivity index (χ0v) is 16.4. The zero-order chi connectivity index (χ0) is 20.0. The second kappa shape index (κ2) is 8.85. The number of sulfone groups is 1. The Morgan fingerprint density at radius 2 is 1.43 bits per heavy atom. The van der Waals surface area contributed by atoms with Gasteiger partial charge in [-0.1, -0.05) is 66.2 Å². The van der Waals surface area contributed by atoms with Crippen LogP contribution in [0.4, 0.5) is 0 Å². The van der Waals surface area contributed by atoms with Crippen LogP contribution in [-0.2, 0) is 9.84 Å². The summed E-state index contributed by atoms with van der Waals surface area (Å²) >= 11 is 0. The molecule has 0 saturated heterocycles. The van der Waals surface area contributed by atoms with Gasteiger partial charge in [0.25, 0.3) is 0 Å². The first-order valence-electron chi connectivity index (χ1n) is 9.06. The molecular weight excluding hydrogens is 372 g/mol. The molecule has 0 heterocycles. The van der Waals surface area contributed by atoms with Crippen LogP contribution < -0.4 is 4.74 Å². The Morgan fingerprint density at radius 1 is 0.857 bits per heavy atom. The number of ketones is 1. The molecule has 0 unspecified atom stereocenters. The van der Waals surface area contributed by atoms with Gasteiger partial charge in [0.15, 0.2) is 15.9 Å². The predicted octanol–water partition coefficient (Wildman–Crippen LogP) is 4.49. The lowest BCUT2D eigenvalue weighted by atomic mass is 10.0. The highest BCUT2D eigenvalue weighted by Crippen LogP contribution is 2.19. The van der Waals surface area contributed by atoms with E-state index in [1.54, 1.807) is 54.6 Å². The zero-order valence-electron chi connectivity index (χ0n) is 15.6. The van der Waals surface area contributed by atoms with Crippen molar-refractivity contribution in [3.63, 3.8) is 0 Å². The van der Waals surface area contributed by atoms with E-state index >= 15 is 0 Å². The molecule has 3 aromatic rings. The van der Waals surface area contributed by atoms with E-state index in [9.17, 15) is 13.2 Å². The maximum absolute atomic E-state index is 13.0. The first kappa shape index (κ1) is 19.8. The van der Waals surface area contributed by atoms with Crippen molar-refractivity contribution in [1.29, 1.82) is 0 Å². The second-order valence-electron chi connectivity index (χ2n) is 6.57. The van der Waals surface area contributed by atoms with Gasteiger partial charge in [-0.3, -0.25) is 4.79 Å². The highest BCUT2D eigenvalue weighted by Gasteiger charge is 2.25. The third-order valence-electron chi connectivity index (χ3n) is 4.40. The number of benzene rings is 3. The van der Waals surface area contributed by atoms with Crippen molar-refractivity contribution >= 4 is 15.6 Å². The number of aryl methyl sites for hydroxylation is 1. The minimum Gasteiger partial charge on any atom is -0.482 e. The maximum atomic E-state index is 13.0. The van der Waals surface area contributed by atoms with E-state index in [4.69, 9.17) is 4.74 Å². The van der Waals surface area contributed by atoms with Crippen molar-refractivity contribution in [2.24, 2.45) is 0 Å². The minimum atomic E-state index is -3.50. The minimum absolute atomic E-state index is 0.0683. The Labute approximate surface area is 165 Å². The number of hydrogen-bond acceptors (Lipinski definition) is 4. The lowest BCUT2D eigenvalue weighted by Gasteiger charge is -2.18. The van der Waals surface area contributed by atoms with E-state index in [0.717, 1.165) is 5.56 Å². The maximum Gasteiger partial charge on any atom is 0.203 e. The Hall–Kier alpha value is -2.92. The van der Waals surface area contributed by atoms with Crippen molar-refractivity contribution in [2.45, 2.75) is 24.3 Å². The molecular formula is C23H22O4S. The van der Waals surface area contributed by atoms with E-state index in [1.807, 2.05) is 37.3 Å². The van der Waals surface area contributed by atoms with Gasteiger partial charge in [-0.05, 0) is 31.2 Å². The number of Topliss-reactive ketones (excluding diaryl/α,β-unsaturated/α-hetero) is 1. The van der Waals surface area contributed by atoms with Gasteiger partial charge in [-0.25, -0.2) is 8.42 Å². The first-order valence-corrected chi connectivity index (χ1v) is 10.7. The largest absolute Gasteiger partial charge is 0.482 e. The summed E-state index contributed by atoms with van der Waals surface area (Å²) in [5.74, 6) is 0.128. The van der Waals surface area contributed by atoms with Crippen molar-refractivity contribution in [3.8, 4) is 5.75 Å². The van der Waals surface area contributed by atoms with E-state index in [1.165, 1.54) is 0 Å². The number of carbonyl (C=O) groups is 1. The highest BCUT2D eigenvalue weighted by molar-refractivity contribution is 7.91. The van der Waals surface area contributed by atoms with Gasteiger partial charge in [-0.15, -0.1) is 0 Å². The molecule has 0 spiro atoms. The summed E-state index contributed by atoms with van der Waals surface area (Å²) in [4.78, 5) is 13.2. The van der Waals surface area contributed by atoms with Crippen LogP contribution in [0.3, 0.4) is 0 Å². The molecule has 0 aromatic heterocycles. The SMILES string of the molecule is Cc1ccc(C(=O)[C@@H](CCS(=O)(=O)c2ccccc2)Oc2ccccc2)cc1. The molecule has 1 atom stereocenters. The van der Waals surface area contributed by atoms with Gasteiger partial charge >= 0.3 is 0 Å². The van der Waals surface area contributed by atoms with Gasteiger partial charge < -0.3 is 4.74 Å². The summed E-state index contributed by atoms with van der Waals surface area (Å²) in [7, 11) is -3.50. The molecule has 0 fully saturated rings. The molecule has 28 heavy (non-hydrogen) atoms. The molecule has 0 aliphatic carbocycles. The van der Waals surface area contributed by atoms with Crippen LogP contribution in [0.2, 0.25) is 0 Å². The molecule has 0 aliphatic heterocycles. The van der Waals surface area contributed by atoms with Crippen molar-refractivity contribution in [2.75, 3.05) is 5.75 Å². The Morgan fingerprint density at radius 3 is 2.04 bits per heavy atom. The highest BCUT2D eigenvalue weighted by atomic mass is 32.2. The molecule has 3 rings (SSSR count). The molecule has 0 aliphatic rings. The normalized spacial score (nSPS) is 12.3. The third kappa shape index (κ3) is 5.08. The number of ether oxygens (including phenoxy) is 1. The average molecular weight is 394 g/mol. The Bertz CT molecular complexity index is 1010. The summed E-state index contributed by atoms with van der Waals surface area (Å²) in [5, 5.41) is 0. The summed E-state index contributed by atoms with van der Waals surface area (Å²) in [6.45, 7) is 1.94. The fourth-order valence-corrected chi connectivity index (χ4v) is 4.15. The molecule has 144 valence electrons. The predicted molar refractivity (Wildman–Crippen MR) is 109 cm³/mol. The van der Waals surface area contributed by atoms with Crippen molar-refractivity contribution in [1.82, 2.24) is 0 Å². The molecule has 3 aromatic carbocycles. The van der Waals surface area contributed by atoms with Gasteiger partial charge in [0.1, 0.15) is 5.75 Å². The van der Waals surface area contributed by atoms with E-state index in [0.29, 0.717) is 11.3 Å². The van der Waals surface area contributed by atoms with Crippen LogP contribution in [0.5, 0.6) is 5.75 Å². The lowest BCUT2D eigenvalue weighted by molar-refractivity contribution is 0.0788. The Balaban J connectivity index is 1.81. The van der Waals surface area contributed by atoms with Crippen LogP contribution in [0.1, 0.15) is 22.3 Å². The van der Waals surface area contributed by atoms with Gasteiger partial charge in [0.05, 0.1) is 10.6 Å². The molecule has 0 saturated carbocycles. The van der Waals surface area contributed by atoms with Crippen molar-refractivity contribution < 1.29 is 17.9 Å². The summed E-state index contributed by atoms with van der Waals surface area (Å²) < 4.78 is 31.1. The fourth-order valence-electron chi connectivity index (χ4n) is 2.82. The quantitative estimate of drug-likeness (QED) is 0.528. The number of carbonyl (C=O) groups excluding carboxylic acids is 1. The molecule has 0 bridgehead atoms. The van der Waals surface area contributed by atoms with Crippen LogP contribution in [0.15, 0.2) is 89.8 Å². The number of hydrogen-bond donors (Lipinski definition) is 0. The fraction of sp³-hybridized carbons (Fsp3) is 0.174. The van der Waals surface area contributed by atoms with Gasteiger partial charge in [0, 0.05) is 12.0 Å². The van der Waals surface area contributed by atoms with E-state index < -0.39 is 15.9 Å². The monoisotopic (exact) mass is 394 g/mol. The van der Waals surface area contributed by atoms with Crippen LogP contribution in [-0.4, -0.2) is 26.1 Å². The van der Waals surface area contributed by atoms with Crippen LogP contribution in [0.25, 0.3) is 0 Å². The molecule has 4 nitrogen and oxygen atoms in total. The second-order valence-corrected chi connectivity index (χ2v) is 8.68. The molecule has 0 amide bonds. The number of para-hydroxylation sites is 1. The summed E-state index contributed by atoms with van der Waals surface area (Å²) in [6, 6.07) is 24.4.